The quantitative estimate of drug-likeness (QED) is 0.258. The van der Waals surface area contributed by atoms with Crippen molar-refractivity contribution >= 4 is 46.4 Å². The smallest absolute Gasteiger partial charge is 0.339 e. The Bertz CT molecular complexity index is 1400. The van der Waals surface area contributed by atoms with Gasteiger partial charge in [-0.1, -0.05) is 35.9 Å². The number of nitrogens with one attached hydrogen (secondary N) is 1. The Labute approximate surface area is 197 Å². The highest BCUT2D eigenvalue weighted by Gasteiger charge is 2.30. The number of carbonyl (C=O) groups excluding carboxylic acids is 4. The lowest BCUT2D eigenvalue weighted by Gasteiger charge is -2.19. The zero-order valence-corrected chi connectivity index (χ0v) is 18.3. The van der Waals surface area contributed by atoms with Gasteiger partial charge in [0.05, 0.1) is 10.5 Å². The standard InChI is InChI=1S/C24H15ClN2O7/c1-12(34-24(31)13-6-9-19(25)20(10-13)27(32)33)23(30)26-14-7-8-17-18(11-14)22(29)16-5-3-2-4-15(16)21(17)28/h2-12H,1H3,(H,26,30). The topological polar surface area (TPSA) is 133 Å². The monoisotopic (exact) mass is 478 g/mol. The van der Waals surface area contributed by atoms with Crippen LogP contribution in [0.1, 0.15) is 49.1 Å². The fourth-order valence-corrected chi connectivity index (χ4v) is 3.67. The third-order valence-electron chi connectivity index (χ3n) is 5.22. The van der Waals surface area contributed by atoms with Gasteiger partial charge in [0.25, 0.3) is 11.6 Å². The molecular formula is C24H15ClN2O7. The molecule has 1 N–H and O–H groups in total. The van der Waals surface area contributed by atoms with E-state index < -0.39 is 28.6 Å². The highest BCUT2D eigenvalue weighted by atomic mass is 35.5. The predicted octanol–water partition coefficient (Wildman–Crippen LogP) is 4.21. The Balaban J connectivity index is 1.49. The van der Waals surface area contributed by atoms with Crippen molar-refractivity contribution in [2.24, 2.45) is 0 Å². The van der Waals surface area contributed by atoms with Gasteiger partial charge in [0.15, 0.2) is 17.7 Å². The summed E-state index contributed by atoms with van der Waals surface area (Å²) in [5, 5.41) is 13.4. The SMILES string of the molecule is CC(OC(=O)c1ccc(Cl)c([N+](=O)[O-])c1)C(=O)Nc1ccc2c(c1)C(=O)c1ccccc1C2=O. The molecule has 9 nitrogen and oxygen atoms in total. The van der Waals surface area contributed by atoms with E-state index in [4.69, 9.17) is 16.3 Å². The van der Waals surface area contributed by atoms with Crippen LogP contribution in [0.4, 0.5) is 11.4 Å². The molecule has 3 aromatic rings. The Morgan fingerprint density at radius 3 is 2.21 bits per heavy atom. The number of hydrogen-bond donors (Lipinski definition) is 1. The van der Waals surface area contributed by atoms with Gasteiger partial charge in [-0.05, 0) is 37.3 Å². The Morgan fingerprint density at radius 1 is 0.941 bits per heavy atom. The van der Waals surface area contributed by atoms with Crippen LogP contribution in [0.25, 0.3) is 0 Å². The number of anilines is 1. The molecule has 0 aromatic heterocycles. The average Bonchev–Trinajstić information content (AvgIpc) is 2.82. The molecule has 1 aliphatic rings. The zero-order valence-electron chi connectivity index (χ0n) is 17.5. The van der Waals surface area contributed by atoms with Gasteiger partial charge in [-0.25, -0.2) is 4.79 Å². The molecule has 1 amide bonds. The van der Waals surface area contributed by atoms with Crippen LogP contribution in [0.3, 0.4) is 0 Å². The Morgan fingerprint density at radius 2 is 1.56 bits per heavy atom. The van der Waals surface area contributed by atoms with Crippen molar-refractivity contribution in [3.8, 4) is 0 Å². The number of esters is 1. The number of nitrogens with zero attached hydrogens (tertiary/aromatic N) is 1. The van der Waals surface area contributed by atoms with Crippen molar-refractivity contribution in [1.29, 1.82) is 0 Å². The van der Waals surface area contributed by atoms with Crippen molar-refractivity contribution in [3.63, 3.8) is 0 Å². The second kappa shape index (κ2) is 8.87. The van der Waals surface area contributed by atoms with Crippen molar-refractivity contribution in [2.75, 3.05) is 5.32 Å². The van der Waals surface area contributed by atoms with E-state index in [0.29, 0.717) is 5.56 Å². The molecular weight excluding hydrogens is 464 g/mol. The first-order valence-electron chi connectivity index (χ1n) is 9.95. The molecule has 34 heavy (non-hydrogen) atoms. The van der Waals surface area contributed by atoms with E-state index >= 15 is 0 Å². The summed E-state index contributed by atoms with van der Waals surface area (Å²) >= 11 is 5.74. The number of ether oxygens (including phenoxy) is 1. The Hall–Kier alpha value is -4.37. The lowest BCUT2D eigenvalue weighted by Crippen LogP contribution is -2.30. The van der Waals surface area contributed by atoms with E-state index in [2.05, 4.69) is 5.32 Å². The third kappa shape index (κ3) is 4.16. The number of fused-ring (bicyclic) bond motifs is 2. The van der Waals surface area contributed by atoms with Gasteiger partial charge >= 0.3 is 5.97 Å². The number of nitro benzene ring substituents is 1. The number of rotatable bonds is 5. The number of hydrogen-bond acceptors (Lipinski definition) is 7. The average molecular weight is 479 g/mol. The normalized spacial score (nSPS) is 12.9. The fourth-order valence-electron chi connectivity index (χ4n) is 3.48. The minimum absolute atomic E-state index is 0.143. The van der Waals surface area contributed by atoms with Gasteiger partial charge in [-0.2, -0.15) is 0 Å². The first-order chi connectivity index (χ1) is 16.2. The summed E-state index contributed by atoms with van der Waals surface area (Å²) in [6.07, 6.45) is -1.27. The van der Waals surface area contributed by atoms with Gasteiger partial charge in [-0.15, -0.1) is 0 Å². The molecule has 10 heteroatoms. The molecule has 1 aliphatic carbocycles. The predicted molar refractivity (Wildman–Crippen MR) is 121 cm³/mol. The van der Waals surface area contributed by atoms with Crippen LogP contribution in [-0.4, -0.2) is 34.5 Å². The molecule has 170 valence electrons. The summed E-state index contributed by atoms with van der Waals surface area (Å²) in [6, 6.07) is 14.2. The zero-order chi connectivity index (χ0) is 24.6. The molecule has 0 fully saturated rings. The molecule has 0 saturated heterocycles. The number of carbonyl (C=O) groups is 4. The number of halogens is 1. The van der Waals surface area contributed by atoms with Gasteiger partial charge in [-0.3, -0.25) is 24.5 Å². The lowest BCUT2D eigenvalue weighted by atomic mass is 9.84. The van der Waals surface area contributed by atoms with Gasteiger partial charge in [0.2, 0.25) is 0 Å². The second-order valence-electron chi connectivity index (χ2n) is 7.42. The maximum Gasteiger partial charge on any atom is 0.339 e. The van der Waals surface area contributed by atoms with E-state index in [0.717, 1.165) is 6.07 Å². The summed E-state index contributed by atoms with van der Waals surface area (Å²) in [5.74, 6) is -2.29. The Kier molecular flexibility index (Phi) is 5.95. The molecule has 1 unspecified atom stereocenters. The number of amides is 1. The minimum Gasteiger partial charge on any atom is -0.449 e. The number of ketones is 2. The van der Waals surface area contributed by atoms with E-state index in [9.17, 15) is 29.3 Å². The van der Waals surface area contributed by atoms with E-state index in [1.165, 1.54) is 37.3 Å². The second-order valence-corrected chi connectivity index (χ2v) is 7.83. The third-order valence-corrected chi connectivity index (χ3v) is 5.54. The summed E-state index contributed by atoms with van der Waals surface area (Å²) in [6.45, 7) is 1.32. The van der Waals surface area contributed by atoms with Crippen molar-refractivity contribution in [3.05, 3.63) is 104 Å². The maximum absolute atomic E-state index is 12.8. The molecule has 3 aromatic carbocycles. The van der Waals surface area contributed by atoms with E-state index in [-0.39, 0.29) is 44.5 Å². The molecule has 0 saturated carbocycles. The van der Waals surface area contributed by atoms with Crippen molar-refractivity contribution in [2.45, 2.75) is 13.0 Å². The van der Waals surface area contributed by atoms with Crippen LogP contribution in [0.2, 0.25) is 5.02 Å². The van der Waals surface area contributed by atoms with Crippen LogP contribution in [-0.2, 0) is 9.53 Å². The van der Waals surface area contributed by atoms with E-state index in [1.807, 2.05) is 0 Å². The van der Waals surface area contributed by atoms with Gasteiger partial charge < -0.3 is 10.1 Å². The molecule has 0 bridgehead atoms. The van der Waals surface area contributed by atoms with Crippen LogP contribution < -0.4 is 5.32 Å². The van der Waals surface area contributed by atoms with Crippen LogP contribution >= 0.6 is 11.6 Å². The van der Waals surface area contributed by atoms with Crippen LogP contribution in [0, 0.1) is 10.1 Å². The highest BCUT2D eigenvalue weighted by molar-refractivity contribution is 6.32. The molecule has 0 aliphatic heterocycles. The van der Waals surface area contributed by atoms with Gasteiger partial charge in [0.1, 0.15) is 5.02 Å². The lowest BCUT2D eigenvalue weighted by molar-refractivity contribution is -0.384. The maximum atomic E-state index is 12.8. The van der Waals surface area contributed by atoms with Gasteiger partial charge in [0, 0.05) is 34.0 Å². The van der Waals surface area contributed by atoms with Crippen molar-refractivity contribution in [1.82, 2.24) is 0 Å². The summed E-state index contributed by atoms with van der Waals surface area (Å²) in [7, 11) is 0. The van der Waals surface area contributed by atoms with Crippen molar-refractivity contribution < 1.29 is 28.8 Å². The highest BCUT2D eigenvalue weighted by Crippen LogP contribution is 2.29. The molecule has 0 heterocycles. The van der Waals surface area contributed by atoms with E-state index in [1.54, 1.807) is 24.3 Å². The molecule has 0 radical (unpaired) electrons. The fraction of sp³-hybridized carbons (Fsp3) is 0.0833. The summed E-state index contributed by atoms with van der Waals surface area (Å²) in [4.78, 5) is 60.7. The largest absolute Gasteiger partial charge is 0.449 e. The number of nitro groups is 1. The molecule has 0 spiro atoms. The summed E-state index contributed by atoms with van der Waals surface area (Å²) in [5.41, 5.74) is 0.595. The molecule has 4 rings (SSSR count). The first-order valence-corrected chi connectivity index (χ1v) is 10.3. The number of benzene rings is 3. The van der Waals surface area contributed by atoms with Crippen LogP contribution in [0.5, 0.6) is 0 Å². The minimum atomic E-state index is -1.27. The van der Waals surface area contributed by atoms with Crippen LogP contribution in [0.15, 0.2) is 60.7 Å². The first kappa shape index (κ1) is 22.8. The summed E-state index contributed by atoms with van der Waals surface area (Å²) < 4.78 is 5.10. The molecule has 1 atom stereocenters.